The van der Waals surface area contributed by atoms with Gasteiger partial charge >= 0.3 is 0 Å². The molecule has 0 aliphatic heterocycles. The molecule has 0 heterocycles. The lowest BCUT2D eigenvalue weighted by Gasteiger charge is -2.10. The van der Waals surface area contributed by atoms with Gasteiger partial charge in [-0.2, -0.15) is 0 Å². The molecule has 88 valence electrons. The second-order valence-corrected chi connectivity index (χ2v) is 4.01. The van der Waals surface area contributed by atoms with Gasteiger partial charge in [-0.1, -0.05) is 23.2 Å². The van der Waals surface area contributed by atoms with Crippen molar-refractivity contribution < 1.29 is 15.0 Å². The van der Waals surface area contributed by atoms with Crippen LogP contribution in [0.4, 0.5) is 0 Å². The van der Waals surface area contributed by atoms with Crippen molar-refractivity contribution in [3.8, 4) is 0 Å². The molecule has 0 saturated heterocycles. The number of carbonyl (C=O) groups is 1. The molecule has 0 spiro atoms. The second kappa shape index (κ2) is 6.06. The predicted molar refractivity (Wildman–Crippen MR) is 61.9 cm³/mol. The van der Waals surface area contributed by atoms with Crippen LogP contribution < -0.4 is 5.32 Å². The fourth-order valence-electron chi connectivity index (χ4n) is 1.04. The minimum atomic E-state index is -0.984. The number of carbonyl (C=O) groups excluding carboxylic acids is 1. The Balaban J connectivity index is 2.69. The molecule has 0 radical (unpaired) electrons. The van der Waals surface area contributed by atoms with E-state index in [2.05, 4.69) is 5.32 Å². The highest BCUT2D eigenvalue weighted by atomic mass is 35.5. The van der Waals surface area contributed by atoms with Crippen molar-refractivity contribution >= 4 is 29.1 Å². The molecule has 1 aromatic rings. The van der Waals surface area contributed by atoms with Crippen LogP contribution in [-0.2, 0) is 0 Å². The molecule has 4 nitrogen and oxygen atoms in total. The summed E-state index contributed by atoms with van der Waals surface area (Å²) in [5.41, 5.74) is 0.235. The summed E-state index contributed by atoms with van der Waals surface area (Å²) in [7, 11) is 0. The van der Waals surface area contributed by atoms with Crippen molar-refractivity contribution in [2.24, 2.45) is 0 Å². The molecule has 1 unspecified atom stereocenters. The third kappa shape index (κ3) is 3.64. The van der Waals surface area contributed by atoms with Crippen molar-refractivity contribution in [2.45, 2.75) is 6.10 Å². The number of amides is 1. The second-order valence-electron chi connectivity index (χ2n) is 3.17. The van der Waals surface area contributed by atoms with E-state index >= 15 is 0 Å². The molecule has 0 aliphatic carbocycles. The number of hydrogen-bond acceptors (Lipinski definition) is 3. The van der Waals surface area contributed by atoms with E-state index < -0.39 is 18.6 Å². The fraction of sp³-hybridized carbons (Fsp3) is 0.300. The van der Waals surface area contributed by atoms with Crippen molar-refractivity contribution in [2.75, 3.05) is 13.2 Å². The minimum Gasteiger partial charge on any atom is -0.394 e. The van der Waals surface area contributed by atoms with Gasteiger partial charge < -0.3 is 15.5 Å². The number of aliphatic hydroxyl groups excluding tert-OH is 2. The fourth-order valence-corrected chi connectivity index (χ4v) is 1.42. The number of halogens is 2. The Morgan fingerprint density at radius 1 is 1.44 bits per heavy atom. The predicted octanol–water partition coefficient (Wildman–Crippen LogP) is 1.08. The third-order valence-electron chi connectivity index (χ3n) is 1.88. The van der Waals surface area contributed by atoms with E-state index in [4.69, 9.17) is 33.4 Å². The lowest BCUT2D eigenvalue weighted by molar-refractivity contribution is 0.0802. The highest BCUT2D eigenvalue weighted by Crippen LogP contribution is 2.20. The first-order chi connectivity index (χ1) is 7.54. The van der Waals surface area contributed by atoms with Crippen LogP contribution in [-0.4, -0.2) is 35.4 Å². The van der Waals surface area contributed by atoms with Gasteiger partial charge in [0.2, 0.25) is 0 Å². The van der Waals surface area contributed by atoms with Crippen molar-refractivity contribution in [3.63, 3.8) is 0 Å². The van der Waals surface area contributed by atoms with Gasteiger partial charge in [-0.3, -0.25) is 4.79 Å². The molecule has 3 N–H and O–H groups in total. The molecule has 1 aromatic carbocycles. The summed E-state index contributed by atoms with van der Waals surface area (Å²) in [5, 5.41) is 20.7. The summed E-state index contributed by atoms with van der Waals surface area (Å²) in [4.78, 5) is 11.6. The molecule has 0 aromatic heterocycles. The average Bonchev–Trinajstić information content (AvgIpc) is 2.28. The van der Waals surface area contributed by atoms with E-state index in [1.165, 1.54) is 12.1 Å². The monoisotopic (exact) mass is 263 g/mol. The van der Waals surface area contributed by atoms with Crippen LogP contribution in [0.5, 0.6) is 0 Å². The molecule has 0 aliphatic rings. The summed E-state index contributed by atoms with van der Waals surface area (Å²) in [6.45, 7) is -0.457. The zero-order chi connectivity index (χ0) is 12.1. The van der Waals surface area contributed by atoms with Gasteiger partial charge in [-0.25, -0.2) is 0 Å². The molecule has 1 amide bonds. The van der Waals surface area contributed by atoms with Crippen LogP contribution in [0, 0.1) is 0 Å². The summed E-state index contributed by atoms with van der Waals surface area (Å²) < 4.78 is 0. The third-order valence-corrected chi connectivity index (χ3v) is 2.45. The van der Waals surface area contributed by atoms with Gasteiger partial charge in [-0.05, 0) is 18.2 Å². The SMILES string of the molecule is O=C(NCC(O)CO)c1cc(Cl)ccc1Cl. The first kappa shape index (κ1) is 13.3. The van der Waals surface area contributed by atoms with Crippen LogP contribution in [0.15, 0.2) is 18.2 Å². The van der Waals surface area contributed by atoms with Crippen molar-refractivity contribution in [1.82, 2.24) is 5.32 Å². The maximum absolute atomic E-state index is 11.6. The Hall–Kier alpha value is -0.810. The molecule has 0 bridgehead atoms. The molecule has 16 heavy (non-hydrogen) atoms. The molecular weight excluding hydrogens is 253 g/mol. The number of nitrogens with one attached hydrogen (secondary N) is 1. The molecular formula is C10H11Cl2NO3. The maximum Gasteiger partial charge on any atom is 0.252 e. The average molecular weight is 264 g/mol. The summed E-state index contributed by atoms with van der Waals surface area (Å²) >= 11 is 11.5. The molecule has 1 atom stereocenters. The highest BCUT2D eigenvalue weighted by Gasteiger charge is 2.12. The Bertz CT molecular complexity index is 384. The van der Waals surface area contributed by atoms with Crippen LogP contribution in [0.25, 0.3) is 0 Å². The van der Waals surface area contributed by atoms with Gasteiger partial charge in [0.05, 0.1) is 23.3 Å². The number of rotatable bonds is 4. The number of hydrogen-bond donors (Lipinski definition) is 3. The zero-order valence-electron chi connectivity index (χ0n) is 8.28. The zero-order valence-corrected chi connectivity index (χ0v) is 9.79. The van der Waals surface area contributed by atoms with Gasteiger partial charge in [0, 0.05) is 11.6 Å². The van der Waals surface area contributed by atoms with E-state index in [1.54, 1.807) is 6.07 Å². The normalized spacial score (nSPS) is 12.2. The number of aliphatic hydroxyl groups is 2. The molecule has 6 heteroatoms. The Morgan fingerprint density at radius 3 is 2.75 bits per heavy atom. The largest absolute Gasteiger partial charge is 0.394 e. The Morgan fingerprint density at radius 2 is 2.12 bits per heavy atom. The Kier molecular flexibility index (Phi) is 5.02. The van der Waals surface area contributed by atoms with Crippen LogP contribution in [0.1, 0.15) is 10.4 Å². The van der Waals surface area contributed by atoms with E-state index in [9.17, 15) is 4.79 Å². The summed E-state index contributed by atoms with van der Waals surface area (Å²) in [6.07, 6.45) is -0.984. The van der Waals surface area contributed by atoms with E-state index in [1.807, 2.05) is 0 Å². The van der Waals surface area contributed by atoms with Gasteiger partial charge in [0.15, 0.2) is 0 Å². The van der Waals surface area contributed by atoms with Gasteiger partial charge in [0.1, 0.15) is 0 Å². The lowest BCUT2D eigenvalue weighted by Crippen LogP contribution is -2.34. The molecule has 0 fully saturated rings. The Labute approximate surface area is 103 Å². The molecule has 0 saturated carbocycles. The van der Waals surface area contributed by atoms with Crippen LogP contribution in [0.3, 0.4) is 0 Å². The van der Waals surface area contributed by atoms with E-state index in [-0.39, 0.29) is 17.1 Å². The van der Waals surface area contributed by atoms with Crippen LogP contribution >= 0.6 is 23.2 Å². The number of benzene rings is 1. The van der Waals surface area contributed by atoms with E-state index in [0.29, 0.717) is 5.02 Å². The highest BCUT2D eigenvalue weighted by molar-refractivity contribution is 6.35. The molecule has 1 rings (SSSR count). The quantitative estimate of drug-likeness (QED) is 0.762. The minimum absolute atomic E-state index is 0.0435. The van der Waals surface area contributed by atoms with Crippen molar-refractivity contribution in [1.29, 1.82) is 0 Å². The van der Waals surface area contributed by atoms with Gasteiger partial charge in [-0.15, -0.1) is 0 Å². The maximum atomic E-state index is 11.6. The first-order valence-electron chi connectivity index (χ1n) is 4.56. The topological polar surface area (TPSA) is 69.6 Å². The standard InChI is InChI=1S/C10H11Cl2NO3/c11-6-1-2-9(12)8(3-6)10(16)13-4-7(15)5-14/h1-3,7,14-15H,4-5H2,(H,13,16). The van der Waals surface area contributed by atoms with Crippen LogP contribution in [0.2, 0.25) is 10.0 Å². The van der Waals surface area contributed by atoms with Gasteiger partial charge in [0.25, 0.3) is 5.91 Å². The first-order valence-corrected chi connectivity index (χ1v) is 5.32. The summed E-state index contributed by atoms with van der Waals surface area (Å²) in [5.74, 6) is -0.444. The summed E-state index contributed by atoms with van der Waals surface area (Å²) in [6, 6.07) is 4.52. The lowest BCUT2D eigenvalue weighted by atomic mass is 10.2. The van der Waals surface area contributed by atoms with E-state index in [0.717, 1.165) is 0 Å². The van der Waals surface area contributed by atoms with Crippen molar-refractivity contribution in [3.05, 3.63) is 33.8 Å². The smallest absolute Gasteiger partial charge is 0.252 e.